The van der Waals surface area contributed by atoms with E-state index in [0.29, 0.717) is 53.1 Å². The van der Waals surface area contributed by atoms with E-state index in [4.69, 9.17) is 10.5 Å². The van der Waals surface area contributed by atoms with Crippen molar-refractivity contribution in [3.63, 3.8) is 0 Å². The topological polar surface area (TPSA) is 139 Å². The molecule has 0 amide bonds. The minimum absolute atomic E-state index is 0.0121. The molecule has 0 unspecified atom stereocenters. The van der Waals surface area contributed by atoms with Crippen LogP contribution in [0.5, 0.6) is 5.75 Å². The van der Waals surface area contributed by atoms with Crippen LogP contribution in [0.1, 0.15) is 71.9 Å². The third kappa shape index (κ3) is 9.03. The average molecular weight is 688 g/mol. The fourth-order valence-electron chi connectivity index (χ4n) is 4.84. The molecule has 0 aliphatic carbocycles. The van der Waals surface area contributed by atoms with Crippen LogP contribution in [0.15, 0.2) is 48.5 Å². The molecule has 0 spiro atoms. The molecule has 13 heteroatoms. The minimum Gasteiger partial charge on any atom is -0.491 e. The van der Waals surface area contributed by atoms with Crippen LogP contribution in [0.25, 0.3) is 10.2 Å². The summed E-state index contributed by atoms with van der Waals surface area (Å²) >= 11 is 2.84. The molecule has 0 saturated heterocycles. The number of thiazole rings is 2. The minimum atomic E-state index is -1.11. The molecule has 0 atom stereocenters. The van der Waals surface area contributed by atoms with E-state index in [2.05, 4.69) is 37.3 Å². The molecule has 10 nitrogen and oxygen atoms in total. The van der Waals surface area contributed by atoms with E-state index < -0.39 is 11.8 Å². The highest BCUT2D eigenvalue weighted by Crippen LogP contribution is 2.34. The van der Waals surface area contributed by atoms with Crippen LogP contribution >= 0.6 is 22.7 Å². The zero-order valence-electron chi connectivity index (χ0n) is 27.0. The molecule has 250 valence electrons. The molecule has 0 aliphatic heterocycles. The first-order chi connectivity index (χ1) is 23.4. The number of fused-ring (bicyclic) bond motifs is 1. The van der Waals surface area contributed by atoms with Gasteiger partial charge in [-0.3, -0.25) is 0 Å². The summed E-state index contributed by atoms with van der Waals surface area (Å²) in [7, 11) is 0. The maximum Gasteiger partial charge on any atom is 0.355 e. The molecule has 3 heterocycles. The molecule has 5 rings (SSSR count). The van der Waals surface area contributed by atoms with Gasteiger partial charge in [0.05, 0.1) is 16.8 Å². The van der Waals surface area contributed by atoms with E-state index in [9.17, 15) is 14.3 Å². The van der Waals surface area contributed by atoms with Gasteiger partial charge in [-0.15, -0.1) is 21.5 Å². The van der Waals surface area contributed by atoms with E-state index >= 15 is 0 Å². The number of aromatic carboxylic acids is 1. The summed E-state index contributed by atoms with van der Waals surface area (Å²) in [6, 6.07) is 14.5. The highest BCUT2D eigenvalue weighted by Gasteiger charge is 2.23. The predicted molar refractivity (Wildman–Crippen MR) is 191 cm³/mol. The Kier molecular flexibility index (Phi) is 12.3. The lowest BCUT2D eigenvalue weighted by Gasteiger charge is -2.21. The molecular formula is C35H38FN7O3S2. The second kappa shape index (κ2) is 17.0. The van der Waals surface area contributed by atoms with Crippen LogP contribution in [0.2, 0.25) is 0 Å². The monoisotopic (exact) mass is 687 g/mol. The van der Waals surface area contributed by atoms with E-state index in [1.54, 1.807) is 12.1 Å². The van der Waals surface area contributed by atoms with Crippen molar-refractivity contribution in [2.45, 2.75) is 58.8 Å². The fraction of sp³-hybridized carbons (Fsp3) is 0.343. The molecule has 0 aliphatic rings. The van der Waals surface area contributed by atoms with Crippen molar-refractivity contribution < 1.29 is 19.0 Å². The number of nitrogens with one attached hydrogen (secondary N) is 1. The molecule has 0 saturated carbocycles. The summed E-state index contributed by atoms with van der Waals surface area (Å²) in [5.41, 5.74) is 8.07. The molecular weight excluding hydrogens is 650 g/mol. The fourth-order valence-corrected chi connectivity index (χ4v) is 6.84. The molecule has 5 aromatic rings. The van der Waals surface area contributed by atoms with Gasteiger partial charge in [-0.05, 0) is 87.5 Å². The standard InChI is InChI=1S/C35H38FN7O3S2/c1-3-4-6-12-24-16-17-27(25(36)22-24)46-20-11-15-29-31(33(44)45)39-35(48-29)43(19-10-5-9-18-37)30-21-23(2)32(42-41-30)40-34-38-26-13-7-8-14-28(26)47-34/h7-8,13-14,16-17,21-22H,3-5,9-11,15,18-20,37H2,1-2H3,(H,44,45)(H,38,40,42). The number of carboxylic acid groups (broad SMARTS) is 1. The Morgan fingerprint density at radius 3 is 2.69 bits per heavy atom. The Morgan fingerprint density at radius 2 is 1.94 bits per heavy atom. The maximum atomic E-state index is 14.6. The van der Waals surface area contributed by atoms with E-state index in [0.717, 1.165) is 53.0 Å². The lowest BCUT2D eigenvalue weighted by molar-refractivity contribution is 0.0690. The van der Waals surface area contributed by atoms with Crippen molar-refractivity contribution in [3.8, 4) is 17.6 Å². The summed E-state index contributed by atoms with van der Waals surface area (Å²) in [6.07, 6.45) is 5.16. The van der Waals surface area contributed by atoms with Gasteiger partial charge in [0.2, 0.25) is 0 Å². The second-order valence-corrected chi connectivity index (χ2v) is 13.2. The quantitative estimate of drug-likeness (QED) is 0.0694. The smallest absolute Gasteiger partial charge is 0.355 e. The van der Waals surface area contributed by atoms with E-state index in [1.165, 1.54) is 28.7 Å². The van der Waals surface area contributed by atoms with Crippen LogP contribution in [0.4, 0.5) is 26.3 Å². The largest absolute Gasteiger partial charge is 0.491 e. The number of nitrogens with two attached hydrogens (primary N) is 1. The molecule has 0 bridgehead atoms. The number of hydrogen-bond donors (Lipinski definition) is 3. The van der Waals surface area contributed by atoms with E-state index in [1.807, 2.05) is 49.1 Å². The summed E-state index contributed by atoms with van der Waals surface area (Å²) < 4.78 is 21.3. The normalized spacial score (nSPS) is 10.9. The van der Waals surface area contributed by atoms with Gasteiger partial charge >= 0.3 is 5.97 Å². The van der Waals surface area contributed by atoms with Crippen LogP contribution in [0.3, 0.4) is 0 Å². The third-order valence-corrected chi connectivity index (χ3v) is 9.41. The highest BCUT2D eigenvalue weighted by molar-refractivity contribution is 7.22. The summed E-state index contributed by atoms with van der Waals surface area (Å²) in [4.78, 5) is 23.9. The van der Waals surface area contributed by atoms with Crippen LogP contribution < -0.4 is 20.7 Å². The number of carbonyl (C=O) groups is 1. The van der Waals surface area contributed by atoms with E-state index in [-0.39, 0.29) is 18.1 Å². The maximum absolute atomic E-state index is 14.6. The lowest BCUT2D eigenvalue weighted by Crippen LogP contribution is -2.21. The number of nitrogens with zero attached hydrogens (tertiary/aromatic N) is 5. The van der Waals surface area contributed by atoms with Gasteiger partial charge in [-0.2, -0.15) is 0 Å². The van der Waals surface area contributed by atoms with Crippen molar-refractivity contribution >= 4 is 60.8 Å². The van der Waals surface area contributed by atoms with Gasteiger partial charge in [0.15, 0.2) is 39.2 Å². The SMILES string of the molecule is CCCC#Cc1ccc(OCCCc2sc(N(CCCCCN)c3cc(C)c(Nc4nc5ccccc5s4)nn3)nc2C(=O)O)c(F)c1. The molecule has 0 fully saturated rings. The Hall–Kier alpha value is -4.64. The number of benzene rings is 2. The van der Waals surface area contributed by atoms with Crippen molar-refractivity contribution in [1.29, 1.82) is 0 Å². The Morgan fingerprint density at radius 1 is 1.08 bits per heavy atom. The lowest BCUT2D eigenvalue weighted by atomic mass is 10.2. The van der Waals surface area contributed by atoms with Gasteiger partial charge in [0.25, 0.3) is 0 Å². The van der Waals surface area contributed by atoms with Crippen LogP contribution in [0, 0.1) is 24.6 Å². The number of hydrogen-bond acceptors (Lipinski definition) is 11. The summed E-state index contributed by atoms with van der Waals surface area (Å²) in [6.45, 7) is 5.34. The van der Waals surface area contributed by atoms with Gasteiger partial charge in [-0.25, -0.2) is 19.2 Å². The highest BCUT2D eigenvalue weighted by atomic mass is 32.1. The number of unbranched alkanes of at least 4 members (excludes halogenated alkanes) is 3. The predicted octanol–water partition coefficient (Wildman–Crippen LogP) is 7.86. The van der Waals surface area contributed by atoms with Gasteiger partial charge in [0.1, 0.15) is 0 Å². The van der Waals surface area contributed by atoms with Crippen LogP contribution in [-0.2, 0) is 6.42 Å². The van der Waals surface area contributed by atoms with Crippen molar-refractivity contribution in [2.24, 2.45) is 5.73 Å². The number of carboxylic acids is 1. The van der Waals surface area contributed by atoms with Crippen molar-refractivity contribution in [1.82, 2.24) is 20.2 Å². The first kappa shape index (κ1) is 34.7. The number of ether oxygens (including phenoxy) is 1. The average Bonchev–Trinajstić information content (AvgIpc) is 3.69. The van der Waals surface area contributed by atoms with Gasteiger partial charge < -0.3 is 25.8 Å². The Labute approximate surface area is 287 Å². The number of halogens is 1. The van der Waals surface area contributed by atoms with Gasteiger partial charge in [-0.1, -0.05) is 48.7 Å². The number of rotatable bonds is 16. The molecule has 0 radical (unpaired) electrons. The summed E-state index contributed by atoms with van der Waals surface area (Å²) in [5, 5.41) is 23.5. The zero-order chi connectivity index (χ0) is 33.9. The molecule has 3 aromatic heterocycles. The van der Waals surface area contributed by atoms with Crippen molar-refractivity contribution in [3.05, 3.63) is 76.0 Å². The third-order valence-electron chi connectivity index (χ3n) is 7.32. The second-order valence-electron chi connectivity index (χ2n) is 11.1. The molecule has 48 heavy (non-hydrogen) atoms. The number of aromatic nitrogens is 4. The first-order valence-electron chi connectivity index (χ1n) is 15.9. The molecule has 2 aromatic carbocycles. The van der Waals surface area contributed by atoms with Crippen LogP contribution in [-0.4, -0.2) is 50.9 Å². The number of anilines is 4. The molecule has 4 N–H and O–H groups in total. The zero-order valence-corrected chi connectivity index (χ0v) is 28.6. The summed E-state index contributed by atoms with van der Waals surface area (Å²) in [5.74, 6) is 5.65. The number of aryl methyl sites for hydroxylation is 2. The Bertz CT molecular complexity index is 1880. The Balaban J connectivity index is 1.30. The number of para-hydroxylation sites is 1. The van der Waals surface area contributed by atoms with Crippen molar-refractivity contribution in [2.75, 3.05) is 29.9 Å². The van der Waals surface area contributed by atoms with Gasteiger partial charge in [0, 0.05) is 23.4 Å². The first-order valence-corrected chi connectivity index (χ1v) is 17.6.